The highest BCUT2D eigenvalue weighted by atomic mass is 127. The van der Waals surface area contributed by atoms with Gasteiger partial charge in [-0.15, -0.1) is 10.2 Å². The molecule has 0 aliphatic carbocycles. The fourth-order valence-corrected chi connectivity index (χ4v) is 4.03. The molecule has 0 saturated heterocycles. The molecule has 1 heterocycles. The molecule has 0 spiro atoms. The second-order valence-corrected chi connectivity index (χ2v) is 7.10. The van der Waals surface area contributed by atoms with Crippen molar-refractivity contribution in [3.05, 3.63) is 54.7 Å². The molecule has 112 valence electrons. The van der Waals surface area contributed by atoms with Gasteiger partial charge in [-0.05, 0) is 75.0 Å². The second-order valence-electron chi connectivity index (χ2n) is 4.78. The van der Waals surface area contributed by atoms with E-state index in [9.17, 15) is 0 Å². The molecule has 0 amide bonds. The summed E-state index contributed by atoms with van der Waals surface area (Å²) < 4.78 is 8.04. The minimum atomic E-state index is 0.549. The molecule has 0 saturated carbocycles. The summed E-state index contributed by atoms with van der Waals surface area (Å²) in [7, 11) is 0. The van der Waals surface area contributed by atoms with Crippen LogP contribution in [-0.2, 0) is 6.61 Å². The van der Waals surface area contributed by atoms with Gasteiger partial charge in [-0.25, -0.2) is 0 Å². The highest BCUT2D eigenvalue weighted by Crippen LogP contribution is 2.32. The third-order valence-corrected chi connectivity index (χ3v) is 4.71. The maximum absolute atomic E-state index is 5.99. The molecule has 0 bridgehead atoms. The summed E-state index contributed by atoms with van der Waals surface area (Å²) in [5, 5.41) is 14.1. The summed E-state index contributed by atoms with van der Waals surface area (Å²) in [6, 6.07) is 12.4. The maximum Gasteiger partial charge on any atom is 0.204 e. The molecule has 2 aromatic carbocycles. The lowest BCUT2D eigenvalue weighted by Crippen LogP contribution is -2.00. The van der Waals surface area contributed by atoms with Crippen LogP contribution in [0.15, 0.2) is 36.4 Å². The van der Waals surface area contributed by atoms with Crippen molar-refractivity contribution in [2.75, 3.05) is 0 Å². The molecule has 0 aliphatic heterocycles. The summed E-state index contributed by atoms with van der Waals surface area (Å²) in [6.07, 6.45) is 0. The SMILES string of the molecule is Cc1ccc(COc2c(I)cc(-c3nn[nH]n3)cc2I)cc1. The van der Waals surface area contributed by atoms with E-state index < -0.39 is 0 Å². The maximum atomic E-state index is 5.99. The van der Waals surface area contributed by atoms with Crippen molar-refractivity contribution in [1.29, 1.82) is 0 Å². The van der Waals surface area contributed by atoms with E-state index in [-0.39, 0.29) is 0 Å². The normalized spacial score (nSPS) is 10.7. The van der Waals surface area contributed by atoms with Gasteiger partial charge in [0, 0.05) is 5.56 Å². The van der Waals surface area contributed by atoms with E-state index in [4.69, 9.17) is 4.74 Å². The number of nitrogens with one attached hydrogen (secondary N) is 1. The zero-order valence-corrected chi connectivity index (χ0v) is 16.0. The number of hydrogen-bond acceptors (Lipinski definition) is 4. The lowest BCUT2D eigenvalue weighted by Gasteiger charge is -2.11. The number of aromatic nitrogens is 4. The number of halogens is 2. The summed E-state index contributed by atoms with van der Waals surface area (Å²) in [6.45, 7) is 2.63. The predicted octanol–water partition coefficient (Wildman–Crippen LogP) is 3.96. The van der Waals surface area contributed by atoms with Gasteiger partial charge >= 0.3 is 0 Å². The topological polar surface area (TPSA) is 63.7 Å². The Balaban J connectivity index is 1.80. The summed E-state index contributed by atoms with van der Waals surface area (Å²) in [5.74, 6) is 1.47. The van der Waals surface area contributed by atoms with Gasteiger partial charge in [0.15, 0.2) is 0 Å². The molecule has 5 nitrogen and oxygen atoms in total. The Morgan fingerprint density at radius 3 is 2.36 bits per heavy atom. The second kappa shape index (κ2) is 6.90. The first-order valence-electron chi connectivity index (χ1n) is 6.54. The van der Waals surface area contributed by atoms with E-state index in [0.29, 0.717) is 12.4 Å². The summed E-state index contributed by atoms with van der Waals surface area (Å²) >= 11 is 4.54. The van der Waals surface area contributed by atoms with Gasteiger partial charge in [-0.2, -0.15) is 5.21 Å². The number of rotatable bonds is 4. The van der Waals surface area contributed by atoms with Crippen LogP contribution in [0.5, 0.6) is 5.75 Å². The fourth-order valence-electron chi connectivity index (χ4n) is 1.95. The number of H-pyrrole nitrogens is 1. The van der Waals surface area contributed by atoms with Crippen molar-refractivity contribution in [2.24, 2.45) is 0 Å². The Hall–Kier alpha value is -1.23. The molecule has 0 radical (unpaired) electrons. The molecule has 0 aliphatic rings. The molecule has 3 aromatic rings. The summed E-state index contributed by atoms with van der Waals surface area (Å²) in [4.78, 5) is 0. The zero-order chi connectivity index (χ0) is 15.5. The molecular weight excluding hydrogens is 506 g/mol. The van der Waals surface area contributed by atoms with E-state index >= 15 is 0 Å². The van der Waals surface area contributed by atoms with Crippen LogP contribution in [0.25, 0.3) is 11.4 Å². The zero-order valence-electron chi connectivity index (χ0n) is 11.7. The smallest absolute Gasteiger partial charge is 0.204 e. The highest BCUT2D eigenvalue weighted by Gasteiger charge is 2.12. The van der Waals surface area contributed by atoms with E-state index in [0.717, 1.165) is 24.0 Å². The molecular formula is C15H12I2N4O. The highest BCUT2D eigenvalue weighted by molar-refractivity contribution is 14.1. The Labute approximate surface area is 155 Å². The van der Waals surface area contributed by atoms with Crippen molar-refractivity contribution in [1.82, 2.24) is 20.6 Å². The van der Waals surface area contributed by atoms with Crippen molar-refractivity contribution >= 4 is 45.2 Å². The van der Waals surface area contributed by atoms with Crippen molar-refractivity contribution in [3.63, 3.8) is 0 Å². The van der Waals surface area contributed by atoms with Crippen LogP contribution in [0.4, 0.5) is 0 Å². The standard InChI is InChI=1S/C15H12I2N4O/c1-9-2-4-10(5-3-9)8-22-14-12(16)6-11(7-13(14)17)15-18-20-21-19-15/h2-7H,8H2,1H3,(H,18,19,20,21). The van der Waals surface area contributed by atoms with Crippen LogP contribution >= 0.6 is 45.2 Å². The van der Waals surface area contributed by atoms with Crippen LogP contribution in [0, 0.1) is 14.1 Å². The van der Waals surface area contributed by atoms with Gasteiger partial charge in [-0.3, -0.25) is 0 Å². The van der Waals surface area contributed by atoms with Crippen molar-refractivity contribution < 1.29 is 4.74 Å². The van der Waals surface area contributed by atoms with Crippen molar-refractivity contribution in [3.8, 4) is 17.1 Å². The van der Waals surface area contributed by atoms with Gasteiger partial charge in [-0.1, -0.05) is 29.8 Å². The number of aromatic amines is 1. The fraction of sp³-hybridized carbons (Fsp3) is 0.133. The van der Waals surface area contributed by atoms with Crippen LogP contribution in [0.1, 0.15) is 11.1 Å². The number of benzene rings is 2. The number of aryl methyl sites for hydroxylation is 1. The summed E-state index contributed by atoms with van der Waals surface area (Å²) in [5.41, 5.74) is 3.32. The average Bonchev–Trinajstić information content (AvgIpc) is 3.02. The first-order chi connectivity index (χ1) is 10.6. The Morgan fingerprint density at radius 1 is 1.09 bits per heavy atom. The van der Waals surface area contributed by atoms with E-state index in [1.54, 1.807) is 0 Å². The molecule has 1 aromatic heterocycles. The van der Waals surface area contributed by atoms with Gasteiger partial charge in [0.1, 0.15) is 12.4 Å². The molecule has 1 N–H and O–H groups in total. The first kappa shape index (κ1) is 15.7. The number of hydrogen-bond donors (Lipinski definition) is 1. The minimum Gasteiger partial charge on any atom is -0.487 e. The predicted molar refractivity (Wildman–Crippen MR) is 101 cm³/mol. The van der Waals surface area contributed by atoms with E-state index in [2.05, 4.69) is 97.0 Å². The van der Waals surface area contributed by atoms with Gasteiger partial charge in [0.05, 0.1) is 7.14 Å². The molecule has 7 heteroatoms. The first-order valence-corrected chi connectivity index (χ1v) is 8.70. The Morgan fingerprint density at radius 2 is 1.77 bits per heavy atom. The molecule has 3 rings (SSSR count). The van der Waals surface area contributed by atoms with Crippen LogP contribution in [0.3, 0.4) is 0 Å². The van der Waals surface area contributed by atoms with E-state index in [1.165, 1.54) is 5.56 Å². The van der Waals surface area contributed by atoms with Gasteiger partial charge in [0.2, 0.25) is 5.82 Å². The number of nitrogens with zero attached hydrogens (tertiary/aromatic N) is 3. The van der Waals surface area contributed by atoms with Gasteiger partial charge < -0.3 is 4.74 Å². The third kappa shape index (κ3) is 3.57. The van der Waals surface area contributed by atoms with Crippen LogP contribution in [0.2, 0.25) is 0 Å². The van der Waals surface area contributed by atoms with E-state index in [1.807, 2.05) is 12.1 Å². The molecule has 22 heavy (non-hydrogen) atoms. The third-order valence-electron chi connectivity index (χ3n) is 3.11. The minimum absolute atomic E-state index is 0.549. The van der Waals surface area contributed by atoms with Crippen LogP contribution < -0.4 is 4.74 Å². The number of ether oxygens (including phenoxy) is 1. The van der Waals surface area contributed by atoms with Crippen molar-refractivity contribution in [2.45, 2.75) is 13.5 Å². The molecule has 0 fully saturated rings. The Bertz CT molecular complexity index is 750. The quantitative estimate of drug-likeness (QED) is 0.532. The molecule has 0 unspecified atom stereocenters. The lowest BCUT2D eigenvalue weighted by molar-refractivity contribution is 0.302. The Kier molecular flexibility index (Phi) is 4.91. The molecule has 0 atom stereocenters. The lowest BCUT2D eigenvalue weighted by atomic mass is 10.2. The van der Waals surface area contributed by atoms with Crippen LogP contribution in [-0.4, -0.2) is 20.6 Å². The largest absolute Gasteiger partial charge is 0.487 e. The monoisotopic (exact) mass is 518 g/mol. The van der Waals surface area contributed by atoms with Gasteiger partial charge in [0.25, 0.3) is 0 Å². The number of tetrazole rings is 1. The average molecular weight is 518 g/mol.